The van der Waals surface area contributed by atoms with Crippen LogP contribution in [0.1, 0.15) is 66.7 Å². The highest BCUT2D eigenvalue weighted by Crippen LogP contribution is 2.33. The second kappa shape index (κ2) is 10.9. The van der Waals surface area contributed by atoms with Gasteiger partial charge in [-0.15, -0.1) is 0 Å². The van der Waals surface area contributed by atoms with Gasteiger partial charge < -0.3 is 25.6 Å². The average molecular weight is 519 g/mol. The Labute approximate surface area is 213 Å². The van der Waals surface area contributed by atoms with Gasteiger partial charge in [0.1, 0.15) is 0 Å². The van der Waals surface area contributed by atoms with E-state index in [2.05, 4.69) is 39.3 Å². The first kappa shape index (κ1) is 25.4. The molecule has 188 valence electrons. The average Bonchev–Trinajstić information content (AvgIpc) is 3.46. The second-order valence-electron chi connectivity index (χ2n) is 8.76. The van der Waals surface area contributed by atoms with Crippen molar-refractivity contribution in [2.24, 2.45) is 0 Å². The molecule has 2 atom stereocenters. The van der Waals surface area contributed by atoms with Gasteiger partial charge in [0.25, 0.3) is 5.91 Å². The molecule has 4 rings (SSSR count). The van der Waals surface area contributed by atoms with Crippen LogP contribution in [0.25, 0.3) is 10.2 Å². The lowest BCUT2D eigenvalue weighted by Gasteiger charge is -2.40. The summed E-state index contributed by atoms with van der Waals surface area (Å²) in [6, 6.07) is 5.37. The number of aromatic amines is 1. The van der Waals surface area contributed by atoms with Gasteiger partial charge in [0, 0.05) is 31.2 Å². The number of nitrogens with one attached hydrogen (secondary N) is 3. The third kappa shape index (κ3) is 5.44. The smallest absolute Gasteiger partial charge is 0.337 e. The fraction of sp³-hybridized carbons (Fsp3) is 0.500. The monoisotopic (exact) mass is 518 g/mol. The van der Waals surface area contributed by atoms with Crippen molar-refractivity contribution in [3.63, 3.8) is 0 Å². The molecular formula is C24H31ClN6O3S. The van der Waals surface area contributed by atoms with Crippen LogP contribution in [0.5, 0.6) is 0 Å². The van der Waals surface area contributed by atoms with Crippen molar-refractivity contribution in [2.45, 2.75) is 64.6 Å². The molecule has 4 N–H and O–H groups in total. The molecule has 0 radical (unpaired) electrons. The van der Waals surface area contributed by atoms with E-state index in [1.54, 1.807) is 12.1 Å². The van der Waals surface area contributed by atoms with Gasteiger partial charge in [0.15, 0.2) is 16.1 Å². The molecule has 1 aliphatic heterocycles. The Morgan fingerprint density at radius 2 is 2.03 bits per heavy atom. The number of thiazole rings is 1. The van der Waals surface area contributed by atoms with Gasteiger partial charge in [0.2, 0.25) is 0 Å². The van der Waals surface area contributed by atoms with Crippen LogP contribution in [-0.2, 0) is 6.42 Å². The number of nitrogens with zero attached hydrogens (tertiary/aromatic N) is 3. The molecule has 0 aliphatic carbocycles. The zero-order chi connectivity index (χ0) is 25.1. The number of H-pyrrole nitrogens is 1. The Balaban J connectivity index is 1.55. The van der Waals surface area contributed by atoms with Gasteiger partial charge in [-0.25, -0.2) is 14.8 Å². The van der Waals surface area contributed by atoms with Crippen molar-refractivity contribution in [1.29, 1.82) is 0 Å². The van der Waals surface area contributed by atoms with Crippen LogP contribution in [-0.4, -0.2) is 63.1 Å². The molecule has 2 aromatic heterocycles. The molecule has 0 spiro atoms. The van der Waals surface area contributed by atoms with E-state index in [0.717, 1.165) is 23.7 Å². The number of hydrogen-bond acceptors (Lipinski definition) is 7. The summed E-state index contributed by atoms with van der Waals surface area (Å²) >= 11 is 7.53. The molecule has 1 aromatic carbocycles. The standard InChI is InChI=1S/C24H31ClN6O3S/c1-4-13(5-2)26-18-12-31(24-29-17-9-7-8-14(23(33)34)19(17)35-24)11-10-16(18)28-22(32)21-27-15(6-3)20(25)30-21/h7-9,13,16,18,26H,4-6,10-12H2,1-3H3,(H,27,30)(H,28,32)(H,33,34)/t16-,18+/m0/s1. The lowest BCUT2D eigenvalue weighted by Crippen LogP contribution is -2.61. The second-order valence-corrected chi connectivity index (χ2v) is 10.1. The number of piperidine rings is 1. The van der Waals surface area contributed by atoms with Crippen molar-refractivity contribution < 1.29 is 14.7 Å². The van der Waals surface area contributed by atoms with E-state index < -0.39 is 5.97 Å². The van der Waals surface area contributed by atoms with Crippen LogP contribution in [0, 0.1) is 0 Å². The van der Waals surface area contributed by atoms with E-state index in [1.807, 2.05) is 13.0 Å². The van der Waals surface area contributed by atoms with Crippen molar-refractivity contribution >= 4 is 50.2 Å². The number of halogens is 1. The number of anilines is 1. The molecule has 1 saturated heterocycles. The number of benzene rings is 1. The first-order chi connectivity index (χ1) is 16.8. The van der Waals surface area contributed by atoms with E-state index in [0.29, 0.717) is 47.3 Å². The highest BCUT2D eigenvalue weighted by Gasteiger charge is 2.33. The zero-order valence-corrected chi connectivity index (χ0v) is 21.7. The van der Waals surface area contributed by atoms with Gasteiger partial charge in [-0.2, -0.15) is 0 Å². The van der Waals surface area contributed by atoms with E-state index in [9.17, 15) is 14.7 Å². The summed E-state index contributed by atoms with van der Waals surface area (Å²) < 4.78 is 0.677. The van der Waals surface area contributed by atoms with Crippen molar-refractivity contribution in [3.8, 4) is 0 Å². The number of aryl methyl sites for hydroxylation is 1. The molecule has 0 saturated carbocycles. The van der Waals surface area contributed by atoms with Crippen LogP contribution in [0.4, 0.5) is 5.13 Å². The summed E-state index contributed by atoms with van der Waals surface area (Å²) in [5.74, 6) is -1.000. The number of fused-ring (bicyclic) bond motifs is 1. The van der Waals surface area contributed by atoms with Gasteiger partial charge >= 0.3 is 5.97 Å². The maximum atomic E-state index is 13.0. The SMILES string of the molecule is CCc1[nH]c(C(=O)N[C@H]2CCN(c3nc4cccc(C(=O)O)c4s3)C[C@H]2NC(CC)CC)nc1Cl. The Hall–Kier alpha value is -2.69. The number of carboxylic acids is 1. The molecular weight excluding hydrogens is 488 g/mol. The van der Waals surface area contributed by atoms with Crippen LogP contribution in [0.15, 0.2) is 18.2 Å². The van der Waals surface area contributed by atoms with Crippen molar-refractivity contribution in [1.82, 2.24) is 25.6 Å². The number of aromatic nitrogens is 3. The molecule has 9 nitrogen and oxygen atoms in total. The van der Waals surface area contributed by atoms with E-state index in [4.69, 9.17) is 16.6 Å². The number of amides is 1. The number of hydrogen-bond donors (Lipinski definition) is 4. The molecule has 0 bridgehead atoms. The zero-order valence-electron chi connectivity index (χ0n) is 20.1. The summed E-state index contributed by atoms with van der Waals surface area (Å²) in [5.41, 5.74) is 1.70. The fourth-order valence-corrected chi connectivity index (χ4v) is 5.87. The lowest BCUT2D eigenvalue weighted by molar-refractivity contribution is 0.0699. The van der Waals surface area contributed by atoms with Gasteiger partial charge in [-0.1, -0.05) is 49.8 Å². The molecule has 1 amide bonds. The minimum absolute atomic E-state index is 0.0142. The fourth-order valence-electron chi connectivity index (χ4n) is 4.50. The van der Waals surface area contributed by atoms with Gasteiger partial charge in [0.05, 0.1) is 21.5 Å². The first-order valence-electron chi connectivity index (χ1n) is 12.0. The maximum Gasteiger partial charge on any atom is 0.337 e. The molecule has 1 fully saturated rings. The molecule has 35 heavy (non-hydrogen) atoms. The Bertz CT molecular complexity index is 1210. The van der Waals surface area contributed by atoms with E-state index in [-0.39, 0.29) is 29.4 Å². The van der Waals surface area contributed by atoms with Crippen LogP contribution in [0.3, 0.4) is 0 Å². The predicted molar refractivity (Wildman–Crippen MR) is 139 cm³/mol. The highest BCUT2D eigenvalue weighted by atomic mass is 35.5. The number of carboxylic acid groups (broad SMARTS) is 1. The number of rotatable bonds is 9. The summed E-state index contributed by atoms with van der Waals surface area (Å²) in [4.78, 5) is 38.7. The Kier molecular flexibility index (Phi) is 7.93. The number of aromatic carboxylic acids is 1. The van der Waals surface area contributed by atoms with E-state index in [1.165, 1.54) is 11.3 Å². The van der Waals surface area contributed by atoms with Gasteiger partial charge in [-0.3, -0.25) is 4.79 Å². The lowest BCUT2D eigenvalue weighted by atomic mass is 9.97. The third-order valence-corrected chi connectivity index (χ3v) is 8.04. The minimum Gasteiger partial charge on any atom is -0.478 e. The number of carbonyl (C=O) groups excluding carboxylic acids is 1. The Morgan fingerprint density at radius 3 is 2.69 bits per heavy atom. The summed E-state index contributed by atoms with van der Waals surface area (Å²) in [6.45, 7) is 7.57. The molecule has 0 unspecified atom stereocenters. The normalized spacial score (nSPS) is 18.4. The quantitative estimate of drug-likeness (QED) is 0.336. The van der Waals surface area contributed by atoms with Crippen LogP contribution >= 0.6 is 22.9 Å². The highest BCUT2D eigenvalue weighted by molar-refractivity contribution is 7.22. The molecule has 11 heteroatoms. The first-order valence-corrected chi connectivity index (χ1v) is 13.2. The van der Waals surface area contributed by atoms with Gasteiger partial charge in [-0.05, 0) is 37.8 Å². The van der Waals surface area contributed by atoms with Crippen molar-refractivity contribution in [3.05, 3.63) is 40.4 Å². The molecule has 3 heterocycles. The van der Waals surface area contributed by atoms with Crippen LogP contribution < -0.4 is 15.5 Å². The summed E-state index contributed by atoms with van der Waals surface area (Å²) in [7, 11) is 0. The topological polar surface area (TPSA) is 123 Å². The van der Waals surface area contributed by atoms with Crippen molar-refractivity contribution in [2.75, 3.05) is 18.0 Å². The molecule has 3 aromatic rings. The molecule has 1 aliphatic rings. The number of carbonyl (C=O) groups is 2. The Morgan fingerprint density at radius 1 is 1.26 bits per heavy atom. The minimum atomic E-state index is -0.954. The summed E-state index contributed by atoms with van der Waals surface area (Å²) in [5, 5.41) is 17.5. The largest absolute Gasteiger partial charge is 0.478 e. The maximum absolute atomic E-state index is 13.0. The van der Waals surface area contributed by atoms with E-state index >= 15 is 0 Å². The van der Waals surface area contributed by atoms with Crippen LogP contribution in [0.2, 0.25) is 5.15 Å². The predicted octanol–water partition coefficient (Wildman–Crippen LogP) is 4.09. The third-order valence-electron chi connectivity index (χ3n) is 6.57. The summed E-state index contributed by atoms with van der Waals surface area (Å²) in [6.07, 6.45) is 3.33. The number of imidazole rings is 1.